The van der Waals surface area contributed by atoms with Gasteiger partial charge in [0.05, 0.1) is 27.7 Å². The third-order valence-corrected chi connectivity index (χ3v) is 8.64. The number of halogens is 3. The molecule has 208 valence electrons. The number of nitrogens with zero attached hydrogens (tertiary/aromatic N) is 5. The molecular formula is C28H27ClF2N6O3. The number of fused-ring (bicyclic) bond motifs is 1. The van der Waals surface area contributed by atoms with Crippen LogP contribution >= 0.6 is 11.6 Å². The molecule has 6 rings (SSSR count). The summed E-state index contributed by atoms with van der Waals surface area (Å²) in [5.41, 5.74) is -2.51. The third kappa shape index (κ3) is 3.94. The van der Waals surface area contributed by atoms with E-state index in [1.54, 1.807) is 24.0 Å². The van der Waals surface area contributed by atoms with Crippen molar-refractivity contribution < 1.29 is 23.5 Å². The van der Waals surface area contributed by atoms with Crippen molar-refractivity contribution in [3.8, 4) is 0 Å². The maximum Gasteiger partial charge on any atom is 0.263 e. The molecular weight excluding hydrogens is 542 g/mol. The molecule has 1 saturated carbocycles. The number of hydrogen-bond donors (Lipinski definition) is 2. The van der Waals surface area contributed by atoms with Crippen molar-refractivity contribution in [2.75, 3.05) is 29.9 Å². The number of anilines is 2. The fourth-order valence-corrected chi connectivity index (χ4v) is 5.84. The minimum absolute atomic E-state index is 0.0762. The van der Waals surface area contributed by atoms with Crippen LogP contribution < -0.4 is 10.2 Å². The largest absolute Gasteiger partial charge is 0.379 e. The van der Waals surface area contributed by atoms with Crippen LogP contribution in [0.2, 0.25) is 5.02 Å². The van der Waals surface area contributed by atoms with Crippen molar-refractivity contribution in [1.29, 1.82) is 0 Å². The first-order valence-electron chi connectivity index (χ1n) is 12.9. The van der Waals surface area contributed by atoms with Crippen LogP contribution in [0.3, 0.4) is 0 Å². The first-order valence-corrected chi connectivity index (χ1v) is 13.3. The molecule has 1 aliphatic carbocycles. The standard InChI is InChI=1S/C28H27ClF2N6O3/c1-26(2)13-28(26,40)24(39)36-11-15(12-36)34-25-33-10-16-21(35-25)27(3,17-6-4-7-18(29)20(17)31)14-37(23(16)38)22-19(30)8-5-9-32-22/h4-10,15,40H,11-14H2,1-3H3,(H,33,34,35)/t27?,28-/m1/s1. The van der Waals surface area contributed by atoms with Crippen LogP contribution in [0.25, 0.3) is 0 Å². The van der Waals surface area contributed by atoms with Gasteiger partial charge in [-0.2, -0.15) is 0 Å². The molecule has 1 aromatic carbocycles. The van der Waals surface area contributed by atoms with E-state index in [-0.39, 0.29) is 52.1 Å². The quantitative estimate of drug-likeness (QED) is 0.484. The highest BCUT2D eigenvalue weighted by Crippen LogP contribution is 2.56. The second kappa shape index (κ2) is 8.90. The lowest BCUT2D eigenvalue weighted by Crippen LogP contribution is -2.60. The van der Waals surface area contributed by atoms with Gasteiger partial charge < -0.3 is 15.3 Å². The lowest BCUT2D eigenvalue weighted by atomic mass is 9.74. The lowest BCUT2D eigenvalue weighted by Gasteiger charge is -2.42. The Hall–Kier alpha value is -3.70. The van der Waals surface area contributed by atoms with Crippen molar-refractivity contribution in [2.45, 2.75) is 44.2 Å². The zero-order chi connectivity index (χ0) is 28.6. The molecule has 2 amide bonds. The average molecular weight is 569 g/mol. The number of pyridine rings is 1. The van der Waals surface area contributed by atoms with Crippen molar-refractivity contribution in [1.82, 2.24) is 19.9 Å². The van der Waals surface area contributed by atoms with Gasteiger partial charge in [0.25, 0.3) is 11.8 Å². The molecule has 0 spiro atoms. The molecule has 2 aromatic heterocycles. The highest BCUT2D eigenvalue weighted by Gasteiger charge is 2.67. The zero-order valence-electron chi connectivity index (χ0n) is 22.1. The number of nitrogens with one attached hydrogen (secondary N) is 1. The molecule has 40 heavy (non-hydrogen) atoms. The van der Waals surface area contributed by atoms with E-state index in [1.165, 1.54) is 30.6 Å². The second-order valence-electron chi connectivity index (χ2n) is 11.6. The molecule has 3 aromatic rings. The average Bonchev–Trinajstić information content (AvgIpc) is 3.43. The topological polar surface area (TPSA) is 112 Å². The summed E-state index contributed by atoms with van der Waals surface area (Å²) in [7, 11) is 0. The minimum Gasteiger partial charge on any atom is -0.379 e. The summed E-state index contributed by atoms with van der Waals surface area (Å²) < 4.78 is 30.2. The summed E-state index contributed by atoms with van der Waals surface area (Å²) in [6.07, 6.45) is 3.13. The summed E-state index contributed by atoms with van der Waals surface area (Å²) >= 11 is 6.13. The van der Waals surface area contributed by atoms with Gasteiger partial charge in [0, 0.05) is 43.0 Å². The molecule has 0 bridgehead atoms. The third-order valence-electron chi connectivity index (χ3n) is 8.35. The van der Waals surface area contributed by atoms with E-state index in [0.717, 1.165) is 4.90 Å². The van der Waals surface area contributed by atoms with Gasteiger partial charge in [-0.05, 0) is 31.5 Å². The van der Waals surface area contributed by atoms with Gasteiger partial charge in [0.2, 0.25) is 5.95 Å². The predicted octanol–water partition coefficient (Wildman–Crippen LogP) is 3.55. The van der Waals surface area contributed by atoms with Crippen molar-refractivity contribution >= 4 is 35.2 Å². The number of amides is 2. The molecule has 12 heteroatoms. The van der Waals surface area contributed by atoms with Gasteiger partial charge in [-0.25, -0.2) is 23.7 Å². The fourth-order valence-electron chi connectivity index (χ4n) is 5.67. The predicted molar refractivity (Wildman–Crippen MR) is 143 cm³/mol. The fraction of sp³-hybridized carbons (Fsp3) is 0.393. The number of carbonyl (C=O) groups is 2. The van der Waals surface area contributed by atoms with Crippen molar-refractivity contribution in [2.24, 2.45) is 5.41 Å². The number of rotatable bonds is 5. The molecule has 2 N–H and O–H groups in total. The molecule has 2 aliphatic heterocycles. The second-order valence-corrected chi connectivity index (χ2v) is 12.0. The number of benzene rings is 1. The molecule has 2 atom stereocenters. The zero-order valence-corrected chi connectivity index (χ0v) is 22.8. The van der Waals surface area contributed by atoms with E-state index in [2.05, 4.69) is 20.3 Å². The van der Waals surface area contributed by atoms with E-state index < -0.39 is 34.0 Å². The van der Waals surface area contributed by atoms with Crippen LogP contribution in [0, 0.1) is 17.0 Å². The van der Waals surface area contributed by atoms with E-state index in [4.69, 9.17) is 11.6 Å². The molecule has 1 saturated heterocycles. The Morgan fingerprint density at radius 2 is 1.88 bits per heavy atom. The summed E-state index contributed by atoms with van der Waals surface area (Å²) in [6.45, 7) is 5.96. The summed E-state index contributed by atoms with van der Waals surface area (Å²) in [4.78, 5) is 42.0. The highest BCUT2D eigenvalue weighted by molar-refractivity contribution is 6.30. The van der Waals surface area contributed by atoms with Gasteiger partial charge in [-0.1, -0.05) is 37.6 Å². The SMILES string of the molecule is CC1(c2cccc(Cl)c2F)CN(c2ncccc2F)C(=O)c2cnc(NC3CN(C(=O)[C@]4(O)CC4(C)C)C3)nc21. The Balaban J connectivity index is 1.33. The van der Waals surface area contributed by atoms with Crippen LogP contribution in [-0.4, -0.2) is 68.0 Å². The first kappa shape index (κ1) is 26.5. The highest BCUT2D eigenvalue weighted by atomic mass is 35.5. The van der Waals surface area contributed by atoms with Gasteiger partial charge >= 0.3 is 0 Å². The number of carbonyl (C=O) groups excluding carboxylic acids is 2. The van der Waals surface area contributed by atoms with Crippen LogP contribution in [0.4, 0.5) is 20.5 Å². The Labute approximate surface area is 234 Å². The molecule has 0 radical (unpaired) electrons. The van der Waals surface area contributed by atoms with Crippen LogP contribution in [0.1, 0.15) is 48.8 Å². The maximum absolute atomic E-state index is 15.4. The van der Waals surface area contributed by atoms with Crippen LogP contribution in [0.15, 0.2) is 42.7 Å². The molecule has 9 nitrogen and oxygen atoms in total. The smallest absolute Gasteiger partial charge is 0.263 e. The summed E-state index contributed by atoms with van der Waals surface area (Å²) in [5.74, 6) is -2.22. The van der Waals surface area contributed by atoms with E-state index in [0.29, 0.717) is 19.5 Å². The van der Waals surface area contributed by atoms with Crippen molar-refractivity contribution in [3.63, 3.8) is 0 Å². The normalized spacial score (nSPS) is 25.3. The number of aromatic nitrogens is 3. The molecule has 4 heterocycles. The van der Waals surface area contributed by atoms with Gasteiger partial charge in [0.15, 0.2) is 11.6 Å². The Kier molecular flexibility index (Phi) is 5.90. The Bertz CT molecular complexity index is 1560. The van der Waals surface area contributed by atoms with E-state index in [1.807, 2.05) is 13.8 Å². The van der Waals surface area contributed by atoms with E-state index in [9.17, 15) is 19.1 Å². The van der Waals surface area contributed by atoms with Crippen LogP contribution in [0.5, 0.6) is 0 Å². The minimum atomic E-state index is -1.33. The first-order chi connectivity index (χ1) is 18.9. The molecule has 3 aliphatic rings. The maximum atomic E-state index is 15.4. The summed E-state index contributed by atoms with van der Waals surface area (Å²) in [6, 6.07) is 7.01. The number of likely N-dealkylation sites (tertiary alicyclic amines) is 1. The van der Waals surface area contributed by atoms with Crippen molar-refractivity contribution in [3.05, 3.63) is 76.2 Å². The summed E-state index contributed by atoms with van der Waals surface area (Å²) in [5, 5.41) is 13.7. The van der Waals surface area contributed by atoms with Gasteiger partial charge in [-0.15, -0.1) is 0 Å². The monoisotopic (exact) mass is 568 g/mol. The Morgan fingerprint density at radius 3 is 2.55 bits per heavy atom. The lowest BCUT2D eigenvalue weighted by molar-refractivity contribution is -0.148. The molecule has 1 unspecified atom stereocenters. The number of hydrogen-bond acceptors (Lipinski definition) is 7. The number of aliphatic hydroxyl groups is 1. The molecule has 2 fully saturated rings. The Morgan fingerprint density at radius 1 is 1.15 bits per heavy atom. The van der Waals surface area contributed by atoms with Gasteiger partial charge in [-0.3, -0.25) is 14.5 Å². The van der Waals surface area contributed by atoms with Gasteiger partial charge in [0.1, 0.15) is 11.4 Å². The van der Waals surface area contributed by atoms with E-state index >= 15 is 4.39 Å². The van der Waals surface area contributed by atoms with Crippen LogP contribution in [-0.2, 0) is 10.2 Å².